The highest BCUT2D eigenvalue weighted by Crippen LogP contribution is 2.35. The standard InChI is InChI=1S/C23H20N4O4S/c1-4-11-26-15-8-6-5-7-14(15)18(21(26)28)19-22(29)27-23(32-19)24-20(25-27)13-9-10-16(30-2)17(12-13)31-3/h5-10,12H,4,11H2,1-3H3/b19-18-. The molecule has 2 aromatic carbocycles. The molecule has 8 nitrogen and oxygen atoms in total. The van der Waals surface area contributed by atoms with Crippen molar-refractivity contribution in [2.75, 3.05) is 25.7 Å². The van der Waals surface area contributed by atoms with Gasteiger partial charge in [0, 0.05) is 17.7 Å². The number of carbonyl (C=O) groups is 1. The van der Waals surface area contributed by atoms with E-state index in [0.717, 1.165) is 17.7 Å². The fraction of sp³-hybridized carbons (Fsp3) is 0.217. The Morgan fingerprint density at radius 2 is 1.81 bits per heavy atom. The number of thiazole rings is 1. The van der Waals surface area contributed by atoms with Gasteiger partial charge in [0.2, 0.25) is 4.96 Å². The lowest BCUT2D eigenvalue weighted by atomic mass is 10.1. The lowest BCUT2D eigenvalue weighted by Crippen LogP contribution is -2.32. The molecule has 4 aromatic rings. The molecular formula is C23H20N4O4S. The van der Waals surface area contributed by atoms with Gasteiger partial charge in [0.05, 0.1) is 25.5 Å². The zero-order valence-electron chi connectivity index (χ0n) is 17.8. The van der Waals surface area contributed by atoms with Gasteiger partial charge in [-0.3, -0.25) is 9.59 Å². The van der Waals surface area contributed by atoms with Gasteiger partial charge in [-0.25, -0.2) is 0 Å². The van der Waals surface area contributed by atoms with Crippen molar-refractivity contribution in [3.63, 3.8) is 0 Å². The number of benzene rings is 2. The van der Waals surface area contributed by atoms with E-state index in [2.05, 4.69) is 10.1 Å². The van der Waals surface area contributed by atoms with Crippen molar-refractivity contribution in [3.8, 4) is 22.9 Å². The molecule has 0 saturated carbocycles. The van der Waals surface area contributed by atoms with Gasteiger partial charge in [-0.15, -0.1) is 5.10 Å². The molecule has 0 bridgehead atoms. The van der Waals surface area contributed by atoms with Crippen LogP contribution >= 0.6 is 11.3 Å². The smallest absolute Gasteiger partial charge is 0.291 e. The summed E-state index contributed by atoms with van der Waals surface area (Å²) < 4.78 is 12.2. The summed E-state index contributed by atoms with van der Waals surface area (Å²) in [4.78, 5) is 33.1. The van der Waals surface area contributed by atoms with Crippen LogP contribution in [0.2, 0.25) is 0 Å². The molecule has 0 unspecified atom stereocenters. The number of amides is 1. The van der Waals surface area contributed by atoms with Crippen molar-refractivity contribution in [1.82, 2.24) is 14.6 Å². The van der Waals surface area contributed by atoms with Gasteiger partial charge in [0.1, 0.15) is 4.53 Å². The maximum absolute atomic E-state index is 13.2. The highest BCUT2D eigenvalue weighted by Gasteiger charge is 2.33. The number of anilines is 1. The van der Waals surface area contributed by atoms with E-state index in [4.69, 9.17) is 9.47 Å². The molecule has 3 heterocycles. The Morgan fingerprint density at radius 3 is 2.53 bits per heavy atom. The third-order valence-corrected chi connectivity index (χ3v) is 6.43. The average Bonchev–Trinajstić information content (AvgIpc) is 3.45. The fourth-order valence-electron chi connectivity index (χ4n) is 3.93. The first-order valence-electron chi connectivity index (χ1n) is 10.1. The Bertz CT molecular complexity index is 1470. The van der Waals surface area contributed by atoms with Crippen LogP contribution in [0.4, 0.5) is 5.69 Å². The average molecular weight is 449 g/mol. The molecule has 2 aromatic heterocycles. The predicted molar refractivity (Wildman–Crippen MR) is 122 cm³/mol. The summed E-state index contributed by atoms with van der Waals surface area (Å²) in [5.74, 6) is 1.38. The number of aromatic nitrogens is 3. The molecule has 0 N–H and O–H groups in total. The van der Waals surface area contributed by atoms with E-state index in [-0.39, 0.29) is 11.5 Å². The molecule has 0 spiro atoms. The highest BCUT2D eigenvalue weighted by atomic mass is 32.1. The summed E-state index contributed by atoms with van der Waals surface area (Å²) in [5, 5.41) is 4.41. The number of para-hydroxylation sites is 1. The molecule has 1 amide bonds. The zero-order valence-corrected chi connectivity index (χ0v) is 18.6. The van der Waals surface area contributed by atoms with Crippen LogP contribution in [-0.4, -0.2) is 41.3 Å². The van der Waals surface area contributed by atoms with Crippen molar-refractivity contribution >= 4 is 33.5 Å². The summed E-state index contributed by atoms with van der Waals surface area (Å²) in [7, 11) is 3.12. The van der Waals surface area contributed by atoms with Crippen molar-refractivity contribution in [1.29, 1.82) is 0 Å². The van der Waals surface area contributed by atoms with Crippen LogP contribution < -0.4 is 24.5 Å². The molecule has 0 saturated heterocycles. The topological polar surface area (TPSA) is 86.0 Å². The lowest BCUT2D eigenvalue weighted by molar-refractivity contribution is -0.113. The number of nitrogens with zero attached hydrogens (tertiary/aromatic N) is 4. The van der Waals surface area contributed by atoms with Gasteiger partial charge < -0.3 is 14.4 Å². The molecule has 1 aliphatic heterocycles. The van der Waals surface area contributed by atoms with Crippen LogP contribution in [0.5, 0.6) is 11.5 Å². The monoisotopic (exact) mass is 448 g/mol. The molecule has 0 fully saturated rings. The number of rotatable bonds is 5. The highest BCUT2D eigenvalue weighted by molar-refractivity contribution is 7.15. The maximum atomic E-state index is 13.2. The quantitative estimate of drug-likeness (QED) is 0.466. The van der Waals surface area contributed by atoms with Crippen molar-refractivity contribution in [3.05, 3.63) is 62.9 Å². The summed E-state index contributed by atoms with van der Waals surface area (Å²) in [6.45, 7) is 2.61. The predicted octanol–water partition coefficient (Wildman–Crippen LogP) is 2.51. The third kappa shape index (κ3) is 2.96. The normalized spacial score (nSPS) is 14.8. The van der Waals surface area contributed by atoms with Gasteiger partial charge in [0.15, 0.2) is 17.3 Å². The Morgan fingerprint density at radius 1 is 1.03 bits per heavy atom. The SMILES string of the molecule is CCCN1C(=O)/C(=c2\sc3nc(-c4ccc(OC)c(OC)c4)nn3c2=O)c2ccccc21. The minimum atomic E-state index is -0.347. The second kappa shape index (κ2) is 7.76. The summed E-state index contributed by atoms with van der Waals surface area (Å²) in [5.41, 5.74) is 2.37. The van der Waals surface area contributed by atoms with Gasteiger partial charge in [0.25, 0.3) is 11.5 Å². The molecule has 0 atom stereocenters. The maximum Gasteiger partial charge on any atom is 0.291 e. The van der Waals surface area contributed by atoms with Gasteiger partial charge in [-0.1, -0.05) is 36.5 Å². The van der Waals surface area contributed by atoms with Crippen LogP contribution in [0, 0.1) is 0 Å². The van der Waals surface area contributed by atoms with Gasteiger partial charge in [-0.2, -0.15) is 9.50 Å². The molecule has 32 heavy (non-hydrogen) atoms. The van der Waals surface area contributed by atoms with Gasteiger partial charge in [-0.05, 0) is 30.7 Å². The number of carbonyl (C=O) groups excluding carboxylic acids is 1. The first-order valence-corrected chi connectivity index (χ1v) is 11.0. The molecule has 0 aliphatic carbocycles. The summed E-state index contributed by atoms with van der Waals surface area (Å²) in [6.07, 6.45) is 0.821. The first-order chi connectivity index (χ1) is 15.6. The Hall–Kier alpha value is -3.72. The number of hydrogen-bond donors (Lipinski definition) is 0. The number of methoxy groups -OCH3 is 2. The largest absolute Gasteiger partial charge is 0.493 e. The van der Waals surface area contributed by atoms with Gasteiger partial charge >= 0.3 is 0 Å². The van der Waals surface area contributed by atoms with Crippen molar-refractivity contribution in [2.45, 2.75) is 13.3 Å². The van der Waals surface area contributed by atoms with Crippen molar-refractivity contribution in [2.24, 2.45) is 0 Å². The van der Waals surface area contributed by atoms with Crippen molar-refractivity contribution < 1.29 is 14.3 Å². The minimum absolute atomic E-state index is 0.158. The first kappa shape index (κ1) is 20.2. The van der Waals surface area contributed by atoms with E-state index < -0.39 is 0 Å². The van der Waals surface area contributed by atoms with E-state index in [0.29, 0.717) is 44.5 Å². The van der Waals surface area contributed by atoms with Crippen LogP contribution in [-0.2, 0) is 4.79 Å². The second-order valence-electron chi connectivity index (χ2n) is 7.28. The van der Waals surface area contributed by atoms with E-state index in [9.17, 15) is 9.59 Å². The number of ether oxygens (including phenoxy) is 2. The molecule has 1 aliphatic rings. The Balaban J connectivity index is 1.67. The van der Waals surface area contributed by atoms with E-state index in [1.165, 1.54) is 15.9 Å². The zero-order chi connectivity index (χ0) is 22.4. The Kier molecular flexibility index (Phi) is 4.90. The minimum Gasteiger partial charge on any atom is -0.493 e. The number of hydrogen-bond acceptors (Lipinski definition) is 7. The second-order valence-corrected chi connectivity index (χ2v) is 8.26. The van der Waals surface area contributed by atoms with Crippen LogP contribution in [0.3, 0.4) is 0 Å². The van der Waals surface area contributed by atoms with Crippen LogP contribution in [0.1, 0.15) is 18.9 Å². The third-order valence-electron chi connectivity index (χ3n) is 5.40. The van der Waals surface area contributed by atoms with Crippen LogP contribution in [0.25, 0.3) is 21.9 Å². The lowest BCUT2D eigenvalue weighted by Gasteiger charge is -2.15. The molecule has 5 rings (SSSR count). The molecule has 9 heteroatoms. The number of fused-ring (bicyclic) bond motifs is 2. The van der Waals surface area contributed by atoms with Crippen LogP contribution in [0.15, 0.2) is 47.3 Å². The molecule has 0 radical (unpaired) electrons. The molecule has 162 valence electrons. The summed E-state index contributed by atoms with van der Waals surface area (Å²) in [6, 6.07) is 12.9. The fourth-order valence-corrected chi connectivity index (χ4v) is 4.93. The van der Waals surface area contributed by atoms with E-state index in [1.807, 2.05) is 31.2 Å². The summed E-state index contributed by atoms with van der Waals surface area (Å²) >= 11 is 1.18. The van der Waals surface area contributed by atoms with E-state index in [1.54, 1.807) is 37.3 Å². The molecular weight excluding hydrogens is 428 g/mol. The Labute approximate surface area is 187 Å². The van der Waals surface area contributed by atoms with E-state index >= 15 is 0 Å².